The number of hydrogen-bond donors (Lipinski definition) is 0. The van der Waals surface area contributed by atoms with Crippen LogP contribution >= 0.6 is 0 Å². The van der Waals surface area contributed by atoms with E-state index in [1.807, 2.05) is 6.92 Å². The van der Waals surface area contributed by atoms with Crippen LogP contribution in [0.1, 0.15) is 29.7 Å². The van der Waals surface area contributed by atoms with E-state index in [0.717, 1.165) is 0 Å². The molecule has 1 amide bonds. The van der Waals surface area contributed by atoms with Crippen LogP contribution in [-0.2, 0) is 7.05 Å². The number of imidazole rings is 1. The van der Waals surface area contributed by atoms with Crippen molar-refractivity contribution in [3.63, 3.8) is 0 Å². The summed E-state index contributed by atoms with van der Waals surface area (Å²) in [6, 6.07) is 3.49. The first-order valence-corrected chi connectivity index (χ1v) is 7.38. The first-order chi connectivity index (χ1) is 12.0. The van der Waals surface area contributed by atoms with Crippen LogP contribution in [0.3, 0.4) is 0 Å². The summed E-state index contributed by atoms with van der Waals surface area (Å²) in [7, 11) is 1.57. The molecule has 0 saturated heterocycles. The first kappa shape index (κ1) is 16.7. The number of carbonyl (C=O) groups excluding carboxylic acids is 1. The zero-order valence-electron chi connectivity index (χ0n) is 13.4. The molecule has 0 atom stereocenters. The Morgan fingerprint density at radius 3 is 2.80 bits per heavy atom. The van der Waals surface area contributed by atoms with Gasteiger partial charge in [-0.05, 0) is 19.1 Å². The number of aromatic nitrogens is 5. The van der Waals surface area contributed by atoms with Crippen LogP contribution < -0.4 is 4.90 Å². The number of nitrogens with zero attached hydrogens (tertiary/aromatic N) is 6. The molecule has 0 radical (unpaired) electrons. The minimum atomic E-state index is -2.87. The molecule has 3 aromatic rings. The quantitative estimate of drug-likeness (QED) is 0.704. The molecule has 3 aromatic heterocycles. The molecule has 0 fully saturated rings. The molecule has 3 heterocycles. The van der Waals surface area contributed by atoms with Gasteiger partial charge in [0.1, 0.15) is 5.69 Å². The van der Waals surface area contributed by atoms with Crippen LogP contribution in [0.25, 0.3) is 11.6 Å². The number of rotatable bonds is 5. The van der Waals surface area contributed by atoms with Gasteiger partial charge in [0.25, 0.3) is 11.8 Å². The third-order valence-corrected chi connectivity index (χ3v) is 3.55. The average molecular weight is 348 g/mol. The Hall–Kier alpha value is -3.17. The van der Waals surface area contributed by atoms with E-state index in [4.69, 9.17) is 0 Å². The molecule has 0 saturated carbocycles. The minimum absolute atomic E-state index is 0.110. The van der Waals surface area contributed by atoms with Gasteiger partial charge in [0.05, 0.1) is 18.1 Å². The predicted molar refractivity (Wildman–Crippen MR) is 83.0 cm³/mol. The van der Waals surface area contributed by atoms with E-state index in [1.54, 1.807) is 31.6 Å². The highest BCUT2D eigenvalue weighted by Crippen LogP contribution is 2.22. The second-order valence-corrected chi connectivity index (χ2v) is 5.04. The molecule has 130 valence electrons. The molecule has 0 aromatic carbocycles. The molecular weight excluding hydrogens is 334 g/mol. The maximum atomic E-state index is 12.8. The van der Waals surface area contributed by atoms with Crippen molar-refractivity contribution in [3.05, 3.63) is 42.3 Å². The second kappa shape index (κ2) is 6.75. The van der Waals surface area contributed by atoms with Crippen molar-refractivity contribution in [1.29, 1.82) is 0 Å². The highest BCUT2D eigenvalue weighted by atomic mass is 19.3. The van der Waals surface area contributed by atoms with Gasteiger partial charge in [0, 0.05) is 19.8 Å². The normalized spacial score (nSPS) is 11.1. The van der Waals surface area contributed by atoms with Crippen molar-refractivity contribution in [1.82, 2.24) is 24.7 Å². The van der Waals surface area contributed by atoms with Crippen LogP contribution in [-0.4, -0.2) is 37.1 Å². The predicted octanol–water partition coefficient (Wildman–Crippen LogP) is 2.47. The fraction of sp³-hybridized carbons (Fsp3) is 0.267. The van der Waals surface area contributed by atoms with Gasteiger partial charge in [0.2, 0.25) is 5.82 Å². The number of pyridine rings is 1. The number of carbonyl (C=O) groups is 1. The number of anilines is 1. The second-order valence-electron chi connectivity index (χ2n) is 5.04. The summed E-state index contributed by atoms with van der Waals surface area (Å²) in [6.45, 7) is 2.25. The Morgan fingerprint density at radius 1 is 1.40 bits per heavy atom. The summed E-state index contributed by atoms with van der Waals surface area (Å²) in [4.78, 5) is 26.0. The molecule has 10 heteroatoms. The first-order valence-electron chi connectivity index (χ1n) is 7.38. The Labute approximate surface area is 141 Å². The van der Waals surface area contributed by atoms with E-state index in [-0.39, 0.29) is 23.2 Å². The lowest BCUT2D eigenvalue weighted by Gasteiger charge is -2.20. The Bertz CT molecular complexity index is 877. The van der Waals surface area contributed by atoms with Gasteiger partial charge in [-0.25, -0.2) is 4.98 Å². The molecule has 0 N–H and O–H groups in total. The standard InChI is InChI=1S/C15H14F2N6O2/c1-3-23(9-5-4-6-18-7-9)15(24)10-8-19-13(22(10)2)12-20-14(11(16)17)25-21-12/h4-8,11H,3H2,1-2H3. The van der Waals surface area contributed by atoms with Crippen molar-refractivity contribution in [2.24, 2.45) is 7.05 Å². The smallest absolute Gasteiger partial charge is 0.315 e. The molecule has 0 spiro atoms. The summed E-state index contributed by atoms with van der Waals surface area (Å²) in [6.07, 6.45) is 1.66. The highest BCUT2D eigenvalue weighted by Gasteiger charge is 2.24. The van der Waals surface area contributed by atoms with Crippen LogP contribution in [0.15, 0.2) is 35.2 Å². The van der Waals surface area contributed by atoms with Crippen LogP contribution in [0.4, 0.5) is 14.5 Å². The van der Waals surface area contributed by atoms with Gasteiger partial charge in [-0.15, -0.1) is 0 Å². The number of amides is 1. The Balaban J connectivity index is 1.93. The molecule has 0 unspecified atom stereocenters. The maximum Gasteiger partial charge on any atom is 0.315 e. The lowest BCUT2D eigenvalue weighted by atomic mass is 10.3. The van der Waals surface area contributed by atoms with E-state index in [0.29, 0.717) is 12.2 Å². The van der Waals surface area contributed by atoms with Crippen molar-refractivity contribution >= 4 is 11.6 Å². The van der Waals surface area contributed by atoms with Crippen LogP contribution in [0.2, 0.25) is 0 Å². The topological polar surface area (TPSA) is 89.9 Å². The molecular formula is C15H14F2N6O2. The number of hydrogen-bond acceptors (Lipinski definition) is 6. The van der Waals surface area contributed by atoms with Crippen molar-refractivity contribution < 1.29 is 18.1 Å². The van der Waals surface area contributed by atoms with Crippen molar-refractivity contribution in [3.8, 4) is 11.6 Å². The molecule has 25 heavy (non-hydrogen) atoms. The SMILES string of the molecule is CCN(C(=O)c1cnc(-c2noc(C(F)F)n2)n1C)c1cccnc1. The molecule has 0 aliphatic carbocycles. The lowest BCUT2D eigenvalue weighted by molar-refractivity contribution is 0.0980. The lowest BCUT2D eigenvalue weighted by Crippen LogP contribution is -2.32. The summed E-state index contributed by atoms with van der Waals surface area (Å²) >= 11 is 0. The Morgan fingerprint density at radius 2 is 2.20 bits per heavy atom. The van der Waals surface area contributed by atoms with Crippen molar-refractivity contribution in [2.75, 3.05) is 11.4 Å². The largest absolute Gasteiger partial charge is 0.332 e. The van der Waals surface area contributed by atoms with Crippen molar-refractivity contribution in [2.45, 2.75) is 13.3 Å². The van der Waals surface area contributed by atoms with Crippen LogP contribution in [0, 0.1) is 0 Å². The summed E-state index contributed by atoms with van der Waals surface area (Å²) in [5.74, 6) is -1.06. The van der Waals surface area contributed by atoms with Crippen LogP contribution in [0.5, 0.6) is 0 Å². The fourth-order valence-corrected chi connectivity index (χ4v) is 2.33. The highest BCUT2D eigenvalue weighted by molar-refractivity contribution is 6.05. The minimum Gasteiger partial charge on any atom is -0.332 e. The molecule has 0 bridgehead atoms. The third-order valence-electron chi connectivity index (χ3n) is 3.55. The van der Waals surface area contributed by atoms with E-state index < -0.39 is 12.3 Å². The van der Waals surface area contributed by atoms with Gasteiger partial charge >= 0.3 is 6.43 Å². The van der Waals surface area contributed by atoms with Gasteiger partial charge in [-0.3, -0.25) is 9.78 Å². The maximum absolute atomic E-state index is 12.8. The van der Waals surface area contributed by atoms with Gasteiger partial charge < -0.3 is 14.0 Å². The van der Waals surface area contributed by atoms with E-state index >= 15 is 0 Å². The van der Waals surface area contributed by atoms with E-state index in [9.17, 15) is 13.6 Å². The summed E-state index contributed by atoms with van der Waals surface area (Å²) < 4.78 is 31.1. The monoisotopic (exact) mass is 348 g/mol. The molecule has 8 nitrogen and oxygen atoms in total. The van der Waals surface area contributed by atoms with Gasteiger partial charge in [-0.1, -0.05) is 5.16 Å². The summed E-state index contributed by atoms with van der Waals surface area (Å²) in [5, 5.41) is 3.48. The zero-order valence-corrected chi connectivity index (χ0v) is 13.4. The van der Waals surface area contributed by atoms with Gasteiger partial charge in [-0.2, -0.15) is 13.8 Å². The molecule has 0 aliphatic heterocycles. The van der Waals surface area contributed by atoms with E-state index in [2.05, 4.69) is 24.6 Å². The van der Waals surface area contributed by atoms with E-state index in [1.165, 1.54) is 15.7 Å². The number of halogens is 2. The fourth-order valence-electron chi connectivity index (χ4n) is 2.33. The van der Waals surface area contributed by atoms with Gasteiger partial charge in [0.15, 0.2) is 5.82 Å². The average Bonchev–Trinajstić information content (AvgIpc) is 3.23. The zero-order chi connectivity index (χ0) is 18.0. The third kappa shape index (κ3) is 3.10. The molecule has 3 rings (SSSR count). The number of alkyl halides is 2. The Kier molecular flexibility index (Phi) is 4.50. The summed E-state index contributed by atoms with van der Waals surface area (Å²) in [5.41, 5.74) is 0.890. The molecule has 0 aliphatic rings.